The van der Waals surface area contributed by atoms with Gasteiger partial charge >= 0.3 is 0 Å². The van der Waals surface area contributed by atoms with Gasteiger partial charge in [-0.1, -0.05) is 19.3 Å². The molecule has 1 aliphatic carbocycles. The number of carbonyl (C=O) groups is 1. The predicted molar refractivity (Wildman–Crippen MR) is 75.5 cm³/mol. The highest BCUT2D eigenvalue weighted by atomic mass is 16.2. The number of likely N-dealkylation sites (N-methyl/N-ethyl adjacent to an activating group) is 1. The standard InChI is InChI=1S/C13H25N5O/c1-17-8-5-9-18(10-12(17)19)13(16-14)15-11-6-3-2-4-7-11/h11H,2-10,14H2,1H3,(H,15,16). The van der Waals surface area contributed by atoms with Crippen LogP contribution in [0.5, 0.6) is 0 Å². The zero-order valence-electron chi connectivity index (χ0n) is 11.8. The summed E-state index contributed by atoms with van der Waals surface area (Å²) in [6.07, 6.45) is 7.01. The third kappa shape index (κ3) is 3.83. The number of carbonyl (C=O) groups excluding carboxylic acids is 1. The third-order valence-electron chi connectivity index (χ3n) is 3.98. The van der Waals surface area contributed by atoms with Gasteiger partial charge in [0.15, 0.2) is 0 Å². The summed E-state index contributed by atoms with van der Waals surface area (Å²) in [5.41, 5.74) is 2.69. The molecular formula is C13H25N5O. The van der Waals surface area contributed by atoms with Crippen LogP contribution in [0.3, 0.4) is 0 Å². The fourth-order valence-electron chi connectivity index (χ4n) is 2.76. The summed E-state index contributed by atoms with van der Waals surface area (Å²) in [4.78, 5) is 20.4. The van der Waals surface area contributed by atoms with Crippen molar-refractivity contribution in [1.29, 1.82) is 0 Å². The molecule has 1 saturated carbocycles. The molecular weight excluding hydrogens is 242 g/mol. The summed E-state index contributed by atoms with van der Waals surface area (Å²) < 4.78 is 0. The first kappa shape index (κ1) is 14.1. The molecule has 1 saturated heterocycles. The molecule has 0 spiro atoms. The Morgan fingerprint density at radius 2 is 2.00 bits per heavy atom. The van der Waals surface area contributed by atoms with Gasteiger partial charge in [0.05, 0.1) is 12.6 Å². The Bertz CT molecular complexity index is 338. The first-order valence-corrected chi connectivity index (χ1v) is 7.24. The summed E-state index contributed by atoms with van der Waals surface area (Å²) in [7, 11) is 1.85. The average molecular weight is 267 g/mol. The van der Waals surface area contributed by atoms with Gasteiger partial charge in [0, 0.05) is 20.1 Å². The minimum atomic E-state index is 0.129. The molecule has 2 rings (SSSR count). The van der Waals surface area contributed by atoms with Crippen molar-refractivity contribution < 1.29 is 4.79 Å². The molecule has 6 heteroatoms. The van der Waals surface area contributed by atoms with E-state index < -0.39 is 0 Å². The quantitative estimate of drug-likeness (QED) is 0.310. The van der Waals surface area contributed by atoms with Crippen LogP contribution in [0.2, 0.25) is 0 Å². The second kappa shape index (κ2) is 6.75. The molecule has 108 valence electrons. The van der Waals surface area contributed by atoms with E-state index in [0.717, 1.165) is 32.4 Å². The highest BCUT2D eigenvalue weighted by Gasteiger charge is 2.22. The Hall–Kier alpha value is -1.30. The number of nitrogens with two attached hydrogens (primary N) is 1. The van der Waals surface area contributed by atoms with E-state index in [-0.39, 0.29) is 5.91 Å². The number of aliphatic imine (C=N–C) groups is 1. The van der Waals surface area contributed by atoms with Gasteiger partial charge in [-0.25, -0.2) is 10.8 Å². The normalized spacial score (nSPS) is 23.5. The monoisotopic (exact) mass is 267 g/mol. The Morgan fingerprint density at radius 3 is 2.68 bits per heavy atom. The van der Waals surface area contributed by atoms with Crippen LogP contribution < -0.4 is 11.3 Å². The van der Waals surface area contributed by atoms with Crippen LogP contribution in [0.4, 0.5) is 0 Å². The van der Waals surface area contributed by atoms with Crippen molar-refractivity contribution in [2.75, 3.05) is 26.7 Å². The highest BCUT2D eigenvalue weighted by molar-refractivity contribution is 5.86. The number of guanidine groups is 1. The fourth-order valence-corrected chi connectivity index (χ4v) is 2.76. The first-order chi connectivity index (χ1) is 9.20. The van der Waals surface area contributed by atoms with E-state index in [1.165, 1.54) is 19.3 Å². The van der Waals surface area contributed by atoms with Crippen LogP contribution in [0.25, 0.3) is 0 Å². The molecule has 2 aliphatic rings. The van der Waals surface area contributed by atoms with E-state index in [1.807, 2.05) is 11.9 Å². The predicted octanol–water partition coefficient (Wildman–Crippen LogP) is 0.303. The number of rotatable bonds is 1. The van der Waals surface area contributed by atoms with Gasteiger partial charge in [0.25, 0.3) is 0 Å². The summed E-state index contributed by atoms with van der Waals surface area (Å²) >= 11 is 0. The molecule has 0 radical (unpaired) electrons. The van der Waals surface area contributed by atoms with E-state index >= 15 is 0 Å². The minimum Gasteiger partial charge on any atom is -0.344 e. The third-order valence-corrected chi connectivity index (χ3v) is 3.98. The van der Waals surface area contributed by atoms with Crippen LogP contribution >= 0.6 is 0 Å². The van der Waals surface area contributed by atoms with Crippen LogP contribution in [0.1, 0.15) is 38.5 Å². The van der Waals surface area contributed by atoms with Crippen molar-refractivity contribution in [2.45, 2.75) is 44.6 Å². The summed E-state index contributed by atoms with van der Waals surface area (Å²) in [6.45, 7) is 1.99. The molecule has 1 heterocycles. The first-order valence-electron chi connectivity index (χ1n) is 7.24. The molecule has 0 atom stereocenters. The lowest BCUT2D eigenvalue weighted by Crippen LogP contribution is -2.48. The van der Waals surface area contributed by atoms with Gasteiger partial charge in [-0.2, -0.15) is 0 Å². The van der Waals surface area contributed by atoms with Crippen molar-refractivity contribution in [2.24, 2.45) is 10.8 Å². The minimum absolute atomic E-state index is 0.129. The van der Waals surface area contributed by atoms with E-state index in [1.54, 1.807) is 4.90 Å². The second-order valence-electron chi connectivity index (χ2n) is 5.48. The van der Waals surface area contributed by atoms with Crippen molar-refractivity contribution in [1.82, 2.24) is 15.2 Å². The smallest absolute Gasteiger partial charge is 0.241 e. The zero-order chi connectivity index (χ0) is 13.7. The van der Waals surface area contributed by atoms with E-state index in [4.69, 9.17) is 10.8 Å². The number of hydrazine groups is 1. The number of nitrogens with zero attached hydrogens (tertiary/aromatic N) is 3. The van der Waals surface area contributed by atoms with Crippen molar-refractivity contribution in [3.8, 4) is 0 Å². The fraction of sp³-hybridized carbons (Fsp3) is 0.846. The average Bonchev–Trinajstić information content (AvgIpc) is 2.60. The van der Waals surface area contributed by atoms with E-state index in [2.05, 4.69) is 5.43 Å². The molecule has 3 N–H and O–H groups in total. The summed E-state index contributed by atoms with van der Waals surface area (Å²) in [5.74, 6) is 6.41. The maximum Gasteiger partial charge on any atom is 0.241 e. The van der Waals surface area contributed by atoms with Crippen molar-refractivity contribution in [3.63, 3.8) is 0 Å². The molecule has 2 fully saturated rings. The summed E-state index contributed by atoms with van der Waals surface area (Å²) in [6, 6.07) is 0.357. The summed E-state index contributed by atoms with van der Waals surface area (Å²) in [5, 5.41) is 0. The second-order valence-corrected chi connectivity index (χ2v) is 5.48. The Balaban J connectivity index is 2.02. The zero-order valence-corrected chi connectivity index (χ0v) is 11.8. The lowest BCUT2D eigenvalue weighted by molar-refractivity contribution is -0.129. The van der Waals surface area contributed by atoms with Gasteiger partial charge in [-0.05, 0) is 19.3 Å². The van der Waals surface area contributed by atoms with Crippen molar-refractivity contribution in [3.05, 3.63) is 0 Å². The van der Waals surface area contributed by atoms with Crippen molar-refractivity contribution >= 4 is 11.9 Å². The lowest BCUT2D eigenvalue weighted by Gasteiger charge is -2.26. The van der Waals surface area contributed by atoms with Gasteiger partial charge in [-0.3, -0.25) is 10.2 Å². The molecule has 0 bridgehead atoms. The number of amides is 1. The Morgan fingerprint density at radius 1 is 1.26 bits per heavy atom. The van der Waals surface area contributed by atoms with Gasteiger partial charge in [0.2, 0.25) is 11.9 Å². The maximum atomic E-state index is 11.9. The van der Waals surface area contributed by atoms with Crippen LogP contribution in [-0.2, 0) is 4.79 Å². The number of nitrogens with one attached hydrogen (secondary N) is 1. The Labute approximate surface area is 115 Å². The molecule has 0 aromatic heterocycles. The van der Waals surface area contributed by atoms with E-state index in [0.29, 0.717) is 18.5 Å². The number of hydrogen-bond acceptors (Lipinski definition) is 3. The van der Waals surface area contributed by atoms with Gasteiger partial charge < -0.3 is 9.80 Å². The van der Waals surface area contributed by atoms with E-state index in [9.17, 15) is 4.79 Å². The SMILES string of the molecule is CN1CCCN(C(=NC2CCCCC2)NN)CC1=O. The van der Waals surface area contributed by atoms with Crippen LogP contribution in [0, 0.1) is 0 Å². The molecule has 0 aromatic rings. The Kier molecular flexibility index (Phi) is 5.01. The number of hydrogen-bond donors (Lipinski definition) is 2. The van der Waals surface area contributed by atoms with Gasteiger partial charge in [-0.15, -0.1) is 0 Å². The van der Waals surface area contributed by atoms with Crippen LogP contribution in [0.15, 0.2) is 4.99 Å². The topological polar surface area (TPSA) is 74.0 Å². The molecule has 1 aliphatic heterocycles. The molecule has 0 aromatic carbocycles. The molecule has 1 amide bonds. The van der Waals surface area contributed by atoms with Gasteiger partial charge in [0.1, 0.15) is 0 Å². The molecule has 6 nitrogen and oxygen atoms in total. The maximum absolute atomic E-state index is 11.9. The largest absolute Gasteiger partial charge is 0.344 e. The van der Waals surface area contributed by atoms with Crippen LogP contribution in [-0.4, -0.2) is 54.4 Å². The highest BCUT2D eigenvalue weighted by Crippen LogP contribution is 2.20. The molecule has 19 heavy (non-hydrogen) atoms. The lowest BCUT2D eigenvalue weighted by atomic mass is 9.96. The molecule has 0 unspecified atom stereocenters.